The van der Waals surface area contributed by atoms with Crippen molar-refractivity contribution in [3.63, 3.8) is 0 Å². The molecule has 0 radical (unpaired) electrons. The van der Waals surface area contributed by atoms with E-state index in [1.54, 1.807) is 13.4 Å². The summed E-state index contributed by atoms with van der Waals surface area (Å²) in [6.45, 7) is 2.97. The smallest absolute Gasteiger partial charge is 0.137 e. The summed E-state index contributed by atoms with van der Waals surface area (Å²) in [5.74, 6) is 1.74. The summed E-state index contributed by atoms with van der Waals surface area (Å²) >= 11 is 6.11. The van der Waals surface area contributed by atoms with Gasteiger partial charge in [-0.3, -0.25) is 0 Å². The Labute approximate surface area is 124 Å². The molecule has 1 atom stereocenters. The van der Waals surface area contributed by atoms with Gasteiger partial charge in [0.15, 0.2) is 0 Å². The van der Waals surface area contributed by atoms with E-state index in [1.807, 2.05) is 30.3 Å². The van der Waals surface area contributed by atoms with Crippen molar-refractivity contribution in [1.82, 2.24) is 5.32 Å². The van der Waals surface area contributed by atoms with E-state index in [-0.39, 0.29) is 0 Å². The number of methoxy groups -OCH3 is 1. The first-order chi connectivity index (χ1) is 9.69. The first kappa shape index (κ1) is 14.9. The van der Waals surface area contributed by atoms with Crippen LogP contribution in [0.5, 0.6) is 5.75 Å². The van der Waals surface area contributed by atoms with Crippen molar-refractivity contribution in [2.45, 2.75) is 32.4 Å². The Morgan fingerprint density at radius 2 is 2.20 bits per heavy atom. The molecule has 0 aliphatic heterocycles. The molecule has 3 nitrogen and oxygen atoms in total. The number of benzene rings is 1. The number of hydrogen-bond donors (Lipinski definition) is 1. The summed E-state index contributed by atoms with van der Waals surface area (Å²) < 4.78 is 10.5. The second kappa shape index (κ2) is 7.36. The summed E-state index contributed by atoms with van der Waals surface area (Å²) in [7, 11) is 1.62. The van der Waals surface area contributed by atoms with Gasteiger partial charge in [-0.15, -0.1) is 0 Å². The highest BCUT2D eigenvalue weighted by atomic mass is 35.5. The van der Waals surface area contributed by atoms with Gasteiger partial charge in [0.25, 0.3) is 0 Å². The van der Waals surface area contributed by atoms with E-state index >= 15 is 0 Å². The molecule has 0 amide bonds. The van der Waals surface area contributed by atoms with Crippen LogP contribution in [-0.2, 0) is 13.0 Å². The first-order valence-corrected chi connectivity index (χ1v) is 7.15. The minimum absolute atomic E-state index is 0.418. The molecule has 0 aliphatic rings. The Morgan fingerprint density at radius 3 is 2.85 bits per heavy atom. The first-order valence-electron chi connectivity index (χ1n) is 6.77. The van der Waals surface area contributed by atoms with Crippen LogP contribution < -0.4 is 10.1 Å². The maximum Gasteiger partial charge on any atom is 0.137 e. The maximum atomic E-state index is 6.11. The molecule has 108 valence electrons. The third kappa shape index (κ3) is 4.29. The molecule has 1 N–H and O–H groups in total. The number of halogens is 1. The number of hydrogen-bond acceptors (Lipinski definition) is 3. The Morgan fingerprint density at radius 1 is 1.35 bits per heavy atom. The van der Waals surface area contributed by atoms with E-state index < -0.39 is 0 Å². The van der Waals surface area contributed by atoms with Crippen LogP contribution in [0.15, 0.2) is 41.0 Å². The highest BCUT2D eigenvalue weighted by molar-refractivity contribution is 6.32. The standard InChI is InChI=1S/C16H20ClNO2/c1-12(5-7-14-4-3-9-20-14)18-11-13-6-8-16(19-2)15(17)10-13/h3-4,6,8-10,12,18H,5,7,11H2,1-2H3. The third-order valence-corrected chi connectivity index (χ3v) is 3.57. The molecular formula is C16H20ClNO2. The molecule has 2 rings (SSSR count). The van der Waals surface area contributed by atoms with Crippen LogP contribution in [-0.4, -0.2) is 13.2 Å². The monoisotopic (exact) mass is 293 g/mol. The molecule has 1 aromatic heterocycles. The SMILES string of the molecule is COc1ccc(CNC(C)CCc2ccco2)cc1Cl. The van der Waals surface area contributed by atoms with E-state index in [4.69, 9.17) is 20.8 Å². The van der Waals surface area contributed by atoms with Crippen molar-refractivity contribution in [2.24, 2.45) is 0 Å². The van der Waals surface area contributed by atoms with Crippen LogP contribution in [0.4, 0.5) is 0 Å². The zero-order valence-electron chi connectivity index (χ0n) is 11.9. The van der Waals surface area contributed by atoms with Gasteiger partial charge < -0.3 is 14.5 Å². The van der Waals surface area contributed by atoms with Crippen LogP contribution in [0.2, 0.25) is 5.02 Å². The van der Waals surface area contributed by atoms with Crippen molar-refractivity contribution < 1.29 is 9.15 Å². The van der Waals surface area contributed by atoms with Gasteiger partial charge in [-0.1, -0.05) is 17.7 Å². The molecular weight excluding hydrogens is 274 g/mol. The largest absolute Gasteiger partial charge is 0.495 e. The number of nitrogens with one attached hydrogen (secondary N) is 1. The number of rotatable bonds is 7. The van der Waals surface area contributed by atoms with Crippen molar-refractivity contribution >= 4 is 11.6 Å². The van der Waals surface area contributed by atoms with Crippen molar-refractivity contribution in [3.8, 4) is 5.75 Å². The molecule has 0 aliphatic carbocycles. The van der Waals surface area contributed by atoms with E-state index in [0.717, 1.165) is 30.7 Å². The molecule has 1 heterocycles. The molecule has 4 heteroatoms. The quantitative estimate of drug-likeness (QED) is 0.836. The Bertz CT molecular complexity index is 525. The summed E-state index contributed by atoms with van der Waals surface area (Å²) in [5, 5.41) is 4.13. The van der Waals surface area contributed by atoms with Crippen LogP contribution in [0.25, 0.3) is 0 Å². The summed E-state index contributed by atoms with van der Waals surface area (Å²) in [5.41, 5.74) is 1.15. The molecule has 0 bridgehead atoms. The number of aryl methyl sites for hydroxylation is 1. The van der Waals surface area contributed by atoms with Crippen LogP contribution >= 0.6 is 11.6 Å². The van der Waals surface area contributed by atoms with Crippen molar-refractivity contribution in [3.05, 3.63) is 52.9 Å². The third-order valence-electron chi connectivity index (χ3n) is 3.27. The van der Waals surface area contributed by atoms with E-state index in [9.17, 15) is 0 Å². The fourth-order valence-electron chi connectivity index (χ4n) is 2.03. The average Bonchev–Trinajstić information content (AvgIpc) is 2.96. The van der Waals surface area contributed by atoms with Gasteiger partial charge in [0, 0.05) is 19.0 Å². The second-order valence-electron chi connectivity index (χ2n) is 4.87. The van der Waals surface area contributed by atoms with Gasteiger partial charge in [-0.05, 0) is 43.2 Å². The second-order valence-corrected chi connectivity index (χ2v) is 5.28. The predicted octanol–water partition coefficient (Wildman–Crippen LogP) is 4.05. The van der Waals surface area contributed by atoms with Gasteiger partial charge in [0.05, 0.1) is 18.4 Å². The highest BCUT2D eigenvalue weighted by Crippen LogP contribution is 2.24. The number of ether oxygens (including phenoxy) is 1. The Hall–Kier alpha value is -1.45. The minimum Gasteiger partial charge on any atom is -0.495 e. The topological polar surface area (TPSA) is 34.4 Å². The fourth-order valence-corrected chi connectivity index (χ4v) is 2.31. The highest BCUT2D eigenvalue weighted by Gasteiger charge is 2.06. The lowest BCUT2D eigenvalue weighted by Gasteiger charge is -2.13. The van der Waals surface area contributed by atoms with Gasteiger partial charge >= 0.3 is 0 Å². The lowest BCUT2D eigenvalue weighted by molar-refractivity contribution is 0.414. The van der Waals surface area contributed by atoms with Gasteiger partial charge in [-0.2, -0.15) is 0 Å². The molecule has 0 spiro atoms. The summed E-state index contributed by atoms with van der Waals surface area (Å²) in [4.78, 5) is 0. The van der Waals surface area contributed by atoms with Crippen LogP contribution in [0.1, 0.15) is 24.7 Å². The molecule has 1 unspecified atom stereocenters. The zero-order valence-corrected chi connectivity index (χ0v) is 12.6. The van der Waals surface area contributed by atoms with Gasteiger partial charge in [0.1, 0.15) is 11.5 Å². The Kier molecular flexibility index (Phi) is 5.50. The van der Waals surface area contributed by atoms with Gasteiger partial charge in [0.2, 0.25) is 0 Å². The predicted molar refractivity (Wildman–Crippen MR) is 81.3 cm³/mol. The van der Waals surface area contributed by atoms with Crippen molar-refractivity contribution in [2.75, 3.05) is 7.11 Å². The fraction of sp³-hybridized carbons (Fsp3) is 0.375. The minimum atomic E-state index is 0.418. The molecule has 0 fully saturated rings. The normalized spacial score (nSPS) is 12.3. The van der Waals surface area contributed by atoms with Crippen LogP contribution in [0.3, 0.4) is 0 Å². The molecule has 20 heavy (non-hydrogen) atoms. The zero-order chi connectivity index (χ0) is 14.4. The molecule has 0 saturated carbocycles. The molecule has 0 saturated heterocycles. The number of furan rings is 1. The van der Waals surface area contributed by atoms with E-state index in [2.05, 4.69) is 12.2 Å². The molecule has 1 aromatic carbocycles. The van der Waals surface area contributed by atoms with E-state index in [1.165, 1.54) is 0 Å². The maximum absolute atomic E-state index is 6.11. The molecule has 2 aromatic rings. The Balaban J connectivity index is 1.78. The van der Waals surface area contributed by atoms with E-state index in [0.29, 0.717) is 16.8 Å². The summed E-state index contributed by atoms with van der Waals surface area (Å²) in [6.07, 6.45) is 3.70. The van der Waals surface area contributed by atoms with Crippen molar-refractivity contribution in [1.29, 1.82) is 0 Å². The average molecular weight is 294 g/mol. The lowest BCUT2D eigenvalue weighted by atomic mass is 10.1. The van der Waals surface area contributed by atoms with Gasteiger partial charge in [-0.25, -0.2) is 0 Å². The van der Waals surface area contributed by atoms with Crippen LogP contribution in [0, 0.1) is 0 Å². The lowest BCUT2D eigenvalue weighted by Crippen LogP contribution is -2.25. The summed E-state index contributed by atoms with van der Waals surface area (Å²) in [6, 6.07) is 10.2.